The summed E-state index contributed by atoms with van der Waals surface area (Å²) in [7, 11) is 0. The van der Waals surface area contributed by atoms with Crippen LogP contribution in [0.5, 0.6) is 0 Å². The molecule has 0 aliphatic heterocycles. The molecule has 0 bridgehead atoms. The third-order valence-corrected chi connectivity index (χ3v) is 2.05. The second kappa shape index (κ2) is 4.13. The second-order valence-corrected chi connectivity index (χ2v) is 3.22. The Balaban J connectivity index is 2.37. The van der Waals surface area contributed by atoms with E-state index < -0.39 is 0 Å². The fourth-order valence-corrected chi connectivity index (χ4v) is 1.41. The summed E-state index contributed by atoms with van der Waals surface area (Å²) in [6.45, 7) is 1.99. The summed E-state index contributed by atoms with van der Waals surface area (Å²) in [5, 5.41) is 5.68. The minimum absolute atomic E-state index is 0.106. The van der Waals surface area contributed by atoms with E-state index in [0.717, 1.165) is 11.4 Å². The molecule has 1 aromatic rings. The molecule has 0 unspecified atom stereocenters. The molecule has 1 rings (SSSR count). The van der Waals surface area contributed by atoms with Crippen molar-refractivity contribution in [1.82, 2.24) is 0 Å². The number of nitrogens with one attached hydrogen (secondary N) is 1. The van der Waals surface area contributed by atoms with Gasteiger partial charge in [0.05, 0.1) is 5.00 Å². The van der Waals surface area contributed by atoms with Gasteiger partial charge in [0, 0.05) is 6.42 Å². The Bertz CT molecular complexity index is 218. The molecule has 0 aromatic carbocycles. The summed E-state index contributed by atoms with van der Waals surface area (Å²) in [4.78, 5) is 11.0. The molecule has 1 N–H and O–H groups in total. The van der Waals surface area contributed by atoms with Crippen LogP contribution < -0.4 is 5.32 Å². The van der Waals surface area contributed by atoms with Crippen LogP contribution in [0, 0.1) is 0 Å². The zero-order valence-corrected chi connectivity index (χ0v) is 7.28. The Kier molecular flexibility index (Phi) is 3.11. The smallest absolute Gasteiger partial charge is 0.224 e. The molecule has 0 atom stereocenters. The molecule has 1 amide bonds. The molecule has 11 heavy (non-hydrogen) atoms. The fraction of sp³-hybridized carbons (Fsp3) is 0.375. The van der Waals surface area contributed by atoms with Crippen LogP contribution in [0.4, 0.5) is 5.00 Å². The minimum atomic E-state index is 0.106. The van der Waals surface area contributed by atoms with Crippen molar-refractivity contribution < 1.29 is 4.79 Å². The zero-order valence-electron chi connectivity index (χ0n) is 6.46. The third kappa shape index (κ3) is 2.72. The van der Waals surface area contributed by atoms with Crippen LogP contribution in [0.25, 0.3) is 0 Å². The topological polar surface area (TPSA) is 29.1 Å². The highest BCUT2D eigenvalue weighted by Gasteiger charge is 1.99. The van der Waals surface area contributed by atoms with Crippen molar-refractivity contribution in [2.45, 2.75) is 19.8 Å². The van der Waals surface area contributed by atoms with E-state index in [2.05, 4.69) is 5.32 Å². The molecule has 0 aliphatic rings. The van der Waals surface area contributed by atoms with Crippen LogP contribution in [0.3, 0.4) is 0 Å². The van der Waals surface area contributed by atoms with Gasteiger partial charge in [0.2, 0.25) is 5.91 Å². The lowest BCUT2D eigenvalue weighted by Crippen LogP contribution is -2.08. The van der Waals surface area contributed by atoms with Crippen molar-refractivity contribution >= 4 is 22.2 Å². The Morgan fingerprint density at radius 1 is 1.73 bits per heavy atom. The number of hydrogen-bond donors (Lipinski definition) is 1. The molecule has 60 valence electrons. The van der Waals surface area contributed by atoms with E-state index in [9.17, 15) is 4.79 Å². The zero-order chi connectivity index (χ0) is 8.10. The predicted molar refractivity (Wildman–Crippen MR) is 47.9 cm³/mol. The standard InChI is InChI=1S/C8H11NOS/c1-2-4-7(10)9-8-5-3-6-11-8/h3,5-6H,2,4H2,1H3,(H,9,10). The Hall–Kier alpha value is -0.830. The Labute approximate surface area is 70.2 Å². The van der Waals surface area contributed by atoms with Gasteiger partial charge in [-0.2, -0.15) is 0 Å². The van der Waals surface area contributed by atoms with Gasteiger partial charge in [0.15, 0.2) is 0 Å². The van der Waals surface area contributed by atoms with Crippen LogP contribution in [0.15, 0.2) is 17.5 Å². The Morgan fingerprint density at radius 3 is 3.09 bits per heavy atom. The van der Waals surface area contributed by atoms with Crippen LogP contribution in [0.2, 0.25) is 0 Å². The Morgan fingerprint density at radius 2 is 2.55 bits per heavy atom. The molecule has 0 saturated carbocycles. The lowest BCUT2D eigenvalue weighted by atomic mass is 10.3. The maximum absolute atomic E-state index is 11.0. The molecular weight excluding hydrogens is 158 g/mol. The van der Waals surface area contributed by atoms with Gasteiger partial charge in [-0.05, 0) is 23.9 Å². The van der Waals surface area contributed by atoms with Crippen molar-refractivity contribution in [3.05, 3.63) is 17.5 Å². The van der Waals surface area contributed by atoms with Crippen molar-refractivity contribution in [2.24, 2.45) is 0 Å². The van der Waals surface area contributed by atoms with Gasteiger partial charge >= 0.3 is 0 Å². The largest absolute Gasteiger partial charge is 0.318 e. The van der Waals surface area contributed by atoms with Gasteiger partial charge in [-0.25, -0.2) is 0 Å². The molecule has 0 radical (unpaired) electrons. The molecule has 1 aromatic heterocycles. The number of carbonyl (C=O) groups excluding carboxylic acids is 1. The van der Waals surface area contributed by atoms with Gasteiger partial charge in [0.1, 0.15) is 0 Å². The van der Waals surface area contributed by atoms with E-state index >= 15 is 0 Å². The first kappa shape index (κ1) is 8.27. The number of hydrogen-bond acceptors (Lipinski definition) is 2. The number of amides is 1. The normalized spacial score (nSPS) is 9.55. The van der Waals surface area contributed by atoms with Crippen LogP contribution in [-0.2, 0) is 4.79 Å². The van der Waals surface area contributed by atoms with E-state index in [1.54, 1.807) is 11.3 Å². The first-order chi connectivity index (χ1) is 5.33. The summed E-state index contributed by atoms with van der Waals surface area (Å²) in [5.41, 5.74) is 0. The molecule has 3 heteroatoms. The first-order valence-electron chi connectivity index (χ1n) is 3.66. The van der Waals surface area contributed by atoms with E-state index in [1.807, 2.05) is 24.4 Å². The number of anilines is 1. The highest BCUT2D eigenvalue weighted by Crippen LogP contribution is 2.14. The van der Waals surface area contributed by atoms with Crippen molar-refractivity contribution in [2.75, 3.05) is 5.32 Å². The molecule has 0 fully saturated rings. The van der Waals surface area contributed by atoms with Gasteiger partial charge in [0.25, 0.3) is 0 Å². The monoisotopic (exact) mass is 169 g/mol. The SMILES string of the molecule is CCCC(=O)Nc1cccs1. The number of rotatable bonds is 3. The number of carbonyl (C=O) groups is 1. The van der Waals surface area contributed by atoms with Gasteiger partial charge in [-0.15, -0.1) is 11.3 Å². The lowest BCUT2D eigenvalue weighted by Gasteiger charge is -1.98. The molecule has 1 heterocycles. The predicted octanol–water partition coefficient (Wildman–Crippen LogP) is 2.49. The highest BCUT2D eigenvalue weighted by atomic mass is 32.1. The van der Waals surface area contributed by atoms with Crippen molar-refractivity contribution in [3.63, 3.8) is 0 Å². The van der Waals surface area contributed by atoms with Crippen LogP contribution in [0.1, 0.15) is 19.8 Å². The third-order valence-electron chi connectivity index (χ3n) is 1.26. The molecule has 0 spiro atoms. The van der Waals surface area contributed by atoms with Crippen LogP contribution >= 0.6 is 11.3 Å². The minimum Gasteiger partial charge on any atom is -0.318 e. The van der Waals surface area contributed by atoms with E-state index in [-0.39, 0.29) is 5.91 Å². The van der Waals surface area contributed by atoms with E-state index in [4.69, 9.17) is 0 Å². The van der Waals surface area contributed by atoms with Crippen molar-refractivity contribution in [1.29, 1.82) is 0 Å². The van der Waals surface area contributed by atoms with Gasteiger partial charge in [-0.3, -0.25) is 4.79 Å². The second-order valence-electron chi connectivity index (χ2n) is 2.28. The quantitative estimate of drug-likeness (QED) is 0.740. The maximum Gasteiger partial charge on any atom is 0.224 e. The van der Waals surface area contributed by atoms with Gasteiger partial charge < -0.3 is 5.32 Å². The maximum atomic E-state index is 11.0. The number of thiophene rings is 1. The lowest BCUT2D eigenvalue weighted by molar-refractivity contribution is -0.116. The summed E-state index contributed by atoms with van der Waals surface area (Å²) in [6.07, 6.45) is 1.51. The molecule has 2 nitrogen and oxygen atoms in total. The summed E-state index contributed by atoms with van der Waals surface area (Å²) in [6, 6.07) is 3.82. The average Bonchev–Trinajstić information content (AvgIpc) is 2.40. The van der Waals surface area contributed by atoms with Crippen molar-refractivity contribution in [3.8, 4) is 0 Å². The van der Waals surface area contributed by atoms with Gasteiger partial charge in [-0.1, -0.05) is 6.92 Å². The molecule has 0 saturated heterocycles. The molecular formula is C8H11NOS. The van der Waals surface area contributed by atoms with E-state index in [0.29, 0.717) is 6.42 Å². The fourth-order valence-electron chi connectivity index (χ4n) is 0.777. The first-order valence-corrected chi connectivity index (χ1v) is 4.54. The van der Waals surface area contributed by atoms with E-state index in [1.165, 1.54) is 0 Å². The van der Waals surface area contributed by atoms with Crippen LogP contribution in [-0.4, -0.2) is 5.91 Å². The highest BCUT2D eigenvalue weighted by molar-refractivity contribution is 7.14. The summed E-state index contributed by atoms with van der Waals surface area (Å²) < 4.78 is 0. The summed E-state index contributed by atoms with van der Waals surface area (Å²) >= 11 is 1.55. The molecule has 0 aliphatic carbocycles. The average molecular weight is 169 g/mol. The summed E-state index contributed by atoms with van der Waals surface area (Å²) in [5.74, 6) is 0.106.